The number of hydrogen-bond donors (Lipinski definition) is 0. The zero-order valence-electron chi connectivity index (χ0n) is 11.5. The highest BCUT2D eigenvalue weighted by Gasteiger charge is 2.37. The highest BCUT2D eigenvalue weighted by atomic mass is 79.9. The number of hydrogen-bond acceptors (Lipinski definition) is 4. The molecule has 1 amide bonds. The van der Waals surface area contributed by atoms with Gasteiger partial charge in [0, 0.05) is 36.5 Å². The Morgan fingerprint density at radius 2 is 2.35 bits per heavy atom. The van der Waals surface area contributed by atoms with E-state index in [0.29, 0.717) is 11.6 Å². The highest BCUT2D eigenvalue weighted by Crippen LogP contribution is 2.24. The first-order chi connectivity index (χ1) is 9.66. The molecule has 6 heteroatoms. The van der Waals surface area contributed by atoms with Crippen molar-refractivity contribution in [1.29, 1.82) is 0 Å². The van der Waals surface area contributed by atoms with Crippen LogP contribution in [0.4, 0.5) is 0 Å². The van der Waals surface area contributed by atoms with Crippen molar-refractivity contribution in [2.75, 3.05) is 33.3 Å². The number of morpholine rings is 1. The lowest BCUT2D eigenvalue weighted by Gasteiger charge is -2.45. The normalized spacial score (nSPS) is 27.2. The first kappa shape index (κ1) is 14.0. The van der Waals surface area contributed by atoms with Crippen molar-refractivity contribution in [3.8, 4) is 0 Å². The molecule has 108 valence electrons. The number of nitrogens with zero attached hydrogens (tertiary/aromatic N) is 3. The van der Waals surface area contributed by atoms with Gasteiger partial charge < -0.3 is 9.64 Å². The van der Waals surface area contributed by atoms with Crippen molar-refractivity contribution < 1.29 is 9.53 Å². The smallest absolute Gasteiger partial charge is 0.255 e. The minimum Gasteiger partial charge on any atom is -0.375 e. The van der Waals surface area contributed by atoms with Gasteiger partial charge in [-0.1, -0.05) is 0 Å². The van der Waals surface area contributed by atoms with Gasteiger partial charge in [-0.2, -0.15) is 0 Å². The van der Waals surface area contributed by atoms with Crippen LogP contribution in [0.5, 0.6) is 0 Å². The summed E-state index contributed by atoms with van der Waals surface area (Å²) in [5.41, 5.74) is 0.679. The maximum absolute atomic E-state index is 12.6. The largest absolute Gasteiger partial charge is 0.375 e. The number of likely N-dealkylation sites (N-methyl/N-ethyl adjacent to an activating group) is 1. The molecule has 0 unspecified atom stereocenters. The monoisotopic (exact) mass is 339 g/mol. The summed E-state index contributed by atoms with van der Waals surface area (Å²) in [5, 5.41) is 0. The van der Waals surface area contributed by atoms with Gasteiger partial charge >= 0.3 is 0 Å². The van der Waals surface area contributed by atoms with E-state index in [-0.39, 0.29) is 12.0 Å². The number of aromatic nitrogens is 1. The Balaban J connectivity index is 1.75. The van der Waals surface area contributed by atoms with Crippen LogP contribution < -0.4 is 0 Å². The Kier molecular flexibility index (Phi) is 4.05. The predicted molar refractivity (Wildman–Crippen MR) is 78.6 cm³/mol. The zero-order chi connectivity index (χ0) is 14.1. The number of piperidine rings is 1. The lowest BCUT2D eigenvalue weighted by atomic mass is 9.98. The molecular formula is C14H18BrN3O2. The van der Waals surface area contributed by atoms with Crippen molar-refractivity contribution in [1.82, 2.24) is 14.8 Å². The third-order valence-corrected chi connectivity index (χ3v) is 4.78. The molecule has 3 heterocycles. The Morgan fingerprint density at radius 3 is 3.15 bits per heavy atom. The van der Waals surface area contributed by atoms with E-state index in [9.17, 15) is 4.79 Å². The summed E-state index contributed by atoms with van der Waals surface area (Å²) in [5.74, 6) is 0.0664. The van der Waals surface area contributed by atoms with Gasteiger partial charge in [0.05, 0.1) is 24.3 Å². The van der Waals surface area contributed by atoms with Crippen LogP contribution in [0.3, 0.4) is 0 Å². The van der Waals surface area contributed by atoms with Gasteiger partial charge in [-0.3, -0.25) is 14.7 Å². The Labute approximate surface area is 127 Å². The fourth-order valence-electron chi connectivity index (χ4n) is 2.95. The molecule has 1 aromatic rings. The van der Waals surface area contributed by atoms with Crippen LogP contribution in [-0.4, -0.2) is 66.1 Å². The molecule has 0 saturated carbocycles. The summed E-state index contributed by atoms with van der Waals surface area (Å²) in [7, 11) is 2.11. The number of carbonyl (C=O) groups excluding carboxylic acids is 1. The van der Waals surface area contributed by atoms with Crippen molar-refractivity contribution in [3.63, 3.8) is 0 Å². The van der Waals surface area contributed by atoms with Gasteiger partial charge in [-0.15, -0.1) is 0 Å². The van der Waals surface area contributed by atoms with E-state index in [1.165, 1.54) is 0 Å². The van der Waals surface area contributed by atoms with E-state index in [1.807, 2.05) is 4.90 Å². The summed E-state index contributed by atoms with van der Waals surface area (Å²) < 4.78 is 6.56. The van der Waals surface area contributed by atoms with Crippen LogP contribution in [-0.2, 0) is 4.74 Å². The molecule has 2 aliphatic rings. The van der Waals surface area contributed by atoms with Crippen LogP contribution in [0.15, 0.2) is 22.9 Å². The molecule has 1 aromatic heterocycles. The lowest BCUT2D eigenvalue weighted by molar-refractivity contribution is -0.0893. The summed E-state index contributed by atoms with van der Waals surface area (Å²) in [4.78, 5) is 20.8. The Bertz CT molecular complexity index is 511. The molecule has 0 aromatic carbocycles. The number of likely N-dealkylation sites (tertiary alicyclic amines) is 1. The van der Waals surface area contributed by atoms with E-state index in [2.05, 4.69) is 32.9 Å². The summed E-state index contributed by atoms with van der Waals surface area (Å²) in [6, 6.07) is 2.07. The second-order valence-corrected chi connectivity index (χ2v) is 6.21. The topological polar surface area (TPSA) is 45.7 Å². The summed E-state index contributed by atoms with van der Waals surface area (Å²) in [6.45, 7) is 3.21. The third-order valence-electron chi connectivity index (χ3n) is 4.15. The number of fused-ring (bicyclic) bond motifs is 1. The van der Waals surface area contributed by atoms with Crippen LogP contribution in [0.2, 0.25) is 0 Å². The van der Waals surface area contributed by atoms with Crippen LogP contribution in [0.25, 0.3) is 0 Å². The first-order valence-corrected chi connectivity index (χ1v) is 7.67. The van der Waals surface area contributed by atoms with E-state index in [4.69, 9.17) is 4.74 Å². The van der Waals surface area contributed by atoms with E-state index in [1.54, 1.807) is 18.5 Å². The van der Waals surface area contributed by atoms with Crippen molar-refractivity contribution in [3.05, 3.63) is 28.5 Å². The second-order valence-electron chi connectivity index (χ2n) is 5.35. The van der Waals surface area contributed by atoms with Crippen molar-refractivity contribution >= 4 is 21.8 Å². The van der Waals surface area contributed by atoms with Crippen molar-refractivity contribution in [2.24, 2.45) is 0 Å². The zero-order valence-corrected chi connectivity index (χ0v) is 13.0. The average molecular weight is 340 g/mol. The minimum atomic E-state index is 0.0664. The molecule has 2 saturated heterocycles. The van der Waals surface area contributed by atoms with E-state index < -0.39 is 0 Å². The van der Waals surface area contributed by atoms with Gasteiger partial charge in [0.2, 0.25) is 0 Å². The van der Waals surface area contributed by atoms with Crippen molar-refractivity contribution in [2.45, 2.75) is 18.6 Å². The fraction of sp³-hybridized carbons (Fsp3) is 0.571. The standard InChI is InChI=1S/C14H18BrN3O2/c1-17-6-7-20-13-3-5-18(9-12(13)17)14(19)10-2-4-16-8-11(10)15/h2,4,8,12-13H,3,5-7,9H2,1H3/t12-,13-/m0/s1. The quantitative estimate of drug-likeness (QED) is 0.775. The SMILES string of the molecule is CN1CCO[C@H]2CCN(C(=O)c3ccncc3Br)C[C@@H]21. The van der Waals surface area contributed by atoms with Gasteiger partial charge in [0.1, 0.15) is 0 Å². The number of ether oxygens (including phenoxy) is 1. The molecule has 0 bridgehead atoms. The number of halogens is 1. The summed E-state index contributed by atoms with van der Waals surface area (Å²) >= 11 is 3.40. The van der Waals surface area contributed by atoms with E-state index in [0.717, 1.165) is 37.1 Å². The maximum atomic E-state index is 12.6. The molecule has 0 radical (unpaired) electrons. The van der Waals surface area contributed by atoms with Crippen LogP contribution in [0, 0.1) is 0 Å². The molecule has 20 heavy (non-hydrogen) atoms. The van der Waals surface area contributed by atoms with Gasteiger partial charge in [0.25, 0.3) is 5.91 Å². The maximum Gasteiger partial charge on any atom is 0.255 e. The van der Waals surface area contributed by atoms with Gasteiger partial charge in [0.15, 0.2) is 0 Å². The van der Waals surface area contributed by atoms with Gasteiger partial charge in [-0.05, 0) is 35.5 Å². The lowest BCUT2D eigenvalue weighted by Crippen LogP contribution is -2.59. The predicted octanol–water partition coefficient (Wildman–Crippen LogP) is 1.39. The molecule has 2 fully saturated rings. The minimum absolute atomic E-state index is 0.0664. The average Bonchev–Trinajstić information content (AvgIpc) is 2.47. The highest BCUT2D eigenvalue weighted by molar-refractivity contribution is 9.10. The summed E-state index contributed by atoms with van der Waals surface area (Å²) in [6.07, 6.45) is 4.48. The third kappa shape index (κ3) is 2.60. The molecule has 2 aliphatic heterocycles. The Hall–Kier alpha value is -0.980. The molecule has 3 rings (SSSR count). The number of pyridine rings is 1. The molecular weight excluding hydrogens is 322 g/mol. The number of amides is 1. The molecule has 0 spiro atoms. The second kappa shape index (κ2) is 5.79. The molecule has 0 N–H and O–H groups in total. The van der Waals surface area contributed by atoms with Crippen LogP contribution in [0.1, 0.15) is 16.8 Å². The number of carbonyl (C=O) groups is 1. The van der Waals surface area contributed by atoms with Crippen LogP contribution >= 0.6 is 15.9 Å². The molecule has 5 nitrogen and oxygen atoms in total. The number of rotatable bonds is 1. The van der Waals surface area contributed by atoms with Gasteiger partial charge in [-0.25, -0.2) is 0 Å². The molecule has 0 aliphatic carbocycles. The first-order valence-electron chi connectivity index (χ1n) is 6.87. The fourth-order valence-corrected chi connectivity index (χ4v) is 3.37. The Morgan fingerprint density at radius 1 is 1.50 bits per heavy atom. The van der Waals surface area contributed by atoms with E-state index >= 15 is 0 Å². The molecule has 2 atom stereocenters.